The number of aliphatic hydroxyl groups is 1. The first kappa shape index (κ1) is 18.9. The summed E-state index contributed by atoms with van der Waals surface area (Å²) in [5, 5.41) is 12.8. The first-order valence-electron chi connectivity index (χ1n) is 6.92. The molecule has 0 saturated heterocycles. The Hall–Kier alpha value is -1.11. The lowest BCUT2D eigenvalue weighted by atomic mass is 10.0. The molecule has 1 rings (SSSR count). The number of hydrogen-bond donors (Lipinski definition) is 3. The summed E-state index contributed by atoms with van der Waals surface area (Å²) < 4.78 is 0.764. The van der Waals surface area contributed by atoms with Gasteiger partial charge in [0.25, 0.3) is 0 Å². The molecule has 1 aromatic carbocycles. The monoisotopic (exact) mass is 390 g/mol. The number of primary amides is 1. The zero-order valence-corrected chi connectivity index (χ0v) is 14.8. The molecule has 0 aliphatic rings. The molecule has 0 unspecified atom stereocenters. The van der Waals surface area contributed by atoms with Gasteiger partial charge in [0.05, 0.1) is 0 Å². The van der Waals surface area contributed by atoms with Crippen molar-refractivity contribution in [3.8, 4) is 0 Å². The van der Waals surface area contributed by atoms with E-state index in [9.17, 15) is 14.7 Å². The molecule has 2 amide bonds. The Morgan fingerprint density at radius 1 is 1.41 bits per heavy atom. The first-order chi connectivity index (χ1) is 10.2. The number of benzene rings is 1. The molecular weight excluding hydrogens is 372 g/mol. The maximum Gasteiger partial charge on any atom is 0.249 e. The second-order valence-electron chi connectivity index (χ2n) is 5.55. The number of carbonyl (C=O) groups excluding carboxylic acids is 2. The van der Waals surface area contributed by atoms with Gasteiger partial charge in [0, 0.05) is 15.9 Å². The number of aliphatic hydroxyl groups excluding tert-OH is 1. The van der Waals surface area contributed by atoms with Crippen molar-refractivity contribution in [2.24, 2.45) is 11.7 Å². The van der Waals surface area contributed by atoms with E-state index in [2.05, 4.69) is 21.2 Å². The van der Waals surface area contributed by atoms with Gasteiger partial charge in [-0.2, -0.15) is 0 Å². The van der Waals surface area contributed by atoms with E-state index in [1.54, 1.807) is 18.2 Å². The Balaban J connectivity index is 2.80. The summed E-state index contributed by atoms with van der Waals surface area (Å²) in [5.74, 6) is -1.11. The normalized spacial score (nSPS) is 13.7. The van der Waals surface area contributed by atoms with Crippen molar-refractivity contribution in [2.45, 2.75) is 38.8 Å². The van der Waals surface area contributed by atoms with Gasteiger partial charge >= 0.3 is 0 Å². The summed E-state index contributed by atoms with van der Waals surface area (Å²) in [4.78, 5) is 23.5. The summed E-state index contributed by atoms with van der Waals surface area (Å²) in [6.07, 6.45) is -0.654. The van der Waals surface area contributed by atoms with E-state index < -0.39 is 24.0 Å². The van der Waals surface area contributed by atoms with Crippen molar-refractivity contribution in [1.29, 1.82) is 0 Å². The van der Waals surface area contributed by atoms with Gasteiger partial charge in [0.1, 0.15) is 12.1 Å². The van der Waals surface area contributed by atoms with Crippen molar-refractivity contribution >= 4 is 39.3 Å². The molecule has 2 atom stereocenters. The minimum absolute atomic E-state index is 0.162. The average Bonchev–Trinajstić information content (AvgIpc) is 2.40. The fraction of sp³-hybridized carbons (Fsp3) is 0.467. The molecule has 0 aliphatic carbocycles. The summed E-state index contributed by atoms with van der Waals surface area (Å²) in [5.41, 5.74) is 6.08. The van der Waals surface area contributed by atoms with Gasteiger partial charge in [-0.25, -0.2) is 0 Å². The highest BCUT2D eigenvalue weighted by atomic mass is 79.9. The number of halogens is 2. The third kappa shape index (κ3) is 5.94. The highest BCUT2D eigenvalue weighted by Gasteiger charge is 2.24. The molecule has 0 saturated carbocycles. The third-order valence-electron chi connectivity index (χ3n) is 3.09. The second-order valence-corrected chi connectivity index (χ2v) is 6.84. The van der Waals surface area contributed by atoms with Gasteiger partial charge in [-0.3, -0.25) is 9.59 Å². The fourth-order valence-corrected chi connectivity index (χ4v) is 2.57. The topological polar surface area (TPSA) is 92.4 Å². The molecule has 0 aromatic heterocycles. The van der Waals surface area contributed by atoms with Crippen LogP contribution in [-0.4, -0.2) is 29.1 Å². The van der Waals surface area contributed by atoms with Crippen LogP contribution < -0.4 is 11.1 Å². The van der Waals surface area contributed by atoms with Crippen molar-refractivity contribution in [3.05, 3.63) is 33.3 Å². The lowest BCUT2D eigenvalue weighted by molar-refractivity contribution is -0.133. The summed E-state index contributed by atoms with van der Waals surface area (Å²) >= 11 is 9.29. The van der Waals surface area contributed by atoms with Gasteiger partial charge in [-0.05, 0) is 36.1 Å². The molecule has 0 bridgehead atoms. The first-order valence-corrected chi connectivity index (χ1v) is 8.09. The highest BCUT2D eigenvalue weighted by Crippen LogP contribution is 2.22. The van der Waals surface area contributed by atoms with E-state index in [0.717, 1.165) is 10.0 Å². The molecule has 0 aliphatic heterocycles. The zero-order valence-electron chi connectivity index (χ0n) is 12.5. The van der Waals surface area contributed by atoms with Gasteiger partial charge in [0.15, 0.2) is 0 Å². The van der Waals surface area contributed by atoms with E-state index in [1.165, 1.54) is 0 Å². The predicted molar refractivity (Wildman–Crippen MR) is 89.4 cm³/mol. The Morgan fingerprint density at radius 2 is 2.05 bits per heavy atom. The molecule has 22 heavy (non-hydrogen) atoms. The van der Waals surface area contributed by atoms with Gasteiger partial charge in [-0.1, -0.05) is 41.4 Å². The zero-order chi connectivity index (χ0) is 16.9. The van der Waals surface area contributed by atoms with E-state index in [0.29, 0.717) is 11.4 Å². The minimum atomic E-state index is -1.16. The number of amides is 2. The largest absolute Gasteiger partial charge is 0.383 e. The number of hydrogen-bond acceptors (Lipinski definition) is 3. The molecule has 1 aromatic rings. The van der Waals surface area contributed by atoms with E-state index >= 15 is 0 Å². The average molecular weight is 392 g/mol. The Labute approximate surface area is 143 Å². The molecule has 0 radical (unpaired) electrons. The van der Waals surface area contributed by atoms with Crippen LogP contribution in [0.1, 0.15) is 25.8 Å². The van der Waals surface area contributed by atoms with E-state index in [4.69, 9.17) is 17.3 Å². The smallest absolute Gasteiger partial charge is 0.249 e. The fourth-order valence-electron chi connectivity index (χ4n) is 1.96. The lowest BCUT2D eigenvalue weighted by Gasteiger charge is -2.19. The number of nitrogens with two attached hydrogens (primary N) is 1. The molecule has 0 fully saturated rings. The molecule has 4 N–H and O–H groups in total. The van der Waals surface area contributed by atoms with Crippen LogP contribution in [0.5, 0.6) is 0 Å². The van der Waals surface area contributed by atoms with Crippen molar-refractivity contribution in [3.63, 3.8) is 0 Å². The van der Waals surface area contributed by atoms with Gasteiger partial charge in [0.2, 0.25) is 11.8 Å². The summed E-state index contributed by atoms with van der Waals surface area (Å²) in [6, 6.07) is 4.24. The van der Waals surface area contributed by atoms with Crippen LogP contribution in [0.15, 0.2) is 22.7 Å². The minimum Gasteiger partial charge on any atom is -0.383 e. The quantitative estimate of drug-likeness (QED) is 0.664. The number of carbonyl (C=O) groups is 2. The highest BCUT2D eigenvalue weighted by molar-refractivity contribution is 9.10. The third-order valence-corrected chi connectivity index (χ3v) is 4.10. The SMILES string of the molecule is CC(C)C[C@H](O)C(=O)N[C@H](Cc1cc(Cl)ccc1Br)C(N)=O. The van der Waals surface area contributed by atoms with Crippen LogP contribution in [0.25, 0.3) is 0 Å². The summed E-state index contributed by atoms with van der Waals surface area (Å²) in [7, 11) is 0. The van der Waals surface area contributed by atoms with Crippen LogP contribution in [-0.2, 0) is 16.0 Å². The van der Waals surface area contributed by atoms with Crippen LogP contribution in [0.4, 0.5) is 0 Å². The number of nitrogens with one attached hydrogen (secondary N) is 1. The summed E-state index contributed by atoms with van der Waals surface area (Å²) in [6.45, 7) is 3.79. The molecule has 7 heteroatoms. The van der Waals surface area contributed by atoms with Crippen LogP contribution in [0.3, 0.4) is 0 Å². The predicted octanol–water partition coefficient (Wildman–Crippen LogP) is 2.02. The van der Waals surface area contributed by atoms with E-state index in [-0.39, 0.29) is 12.3 Å². The number of rotatable bonds is 7. The standard InChI is InChI=1S/C15H20BrClN2O3/c1-8(2)5-13(20)15(22)19-12(14(18)21)7-9-6-10(17)3-4-11(9)16/h3-4,6,8,12-13,20H,5,7H2,1-2H3,(H2,18,21)(H,19,22)/t12-,13+/m1/s1. The van der Waals surface area contributed by atoms with Crippen LogP contribution in [0.2, 0.25) is 5.02 Å². The Bertz CT molecular complexity index is 552. The van der Waals surface area contributed by atoms with Gasteiger partial charge < -0.3 is 16.2 Å². The molecular formula is C15H20BrClN2O3. The maximum absolute atomic E-state index is 11.9. The Morgan fingerprint density at radius 3 is 2.59 bits per heavy atom. The van der Waals surface area contributed by atoms with E-state index in [1.807, 2.05) is 13.8 Å². The van der Waals surface area contributed by atoms with Crippen LogP contribution >= 0.6 is 27.5 Å². The second kappa shape index (κ2) is 8.50. The van der Waals surface area contributed by atoms with Gasteiger partial charge in [-0.15, -0.1) is 0 Å². The molecule has 5 nitrogen and oxygen atoms in total. The van der Waals surface area contributed by atoms with Crippen molar-refractivity contribution in [2.75, 3.05) is 0 Å². The van der Waals surface area contributed by atoms with Crippen molar-refractivity contribution in [1.82, 2.24) is 5.32 Å². The Kier molecular flexibility index (Phi) is 7.32. The van der Waals surface area contributed by atoms with Crippen LogP contribution in [0, 0.1) is 5.92 Å². The maximum atomic E-state index is 11.9. The molecule has 0 spiro atoms. The molecule has 0 heterocycles. The van der Waals surface area contributed by atoms with Crippen molar-refractivity contribution < 1.29 is 14.7 Å². The molecule has 122 valence electrons. The lowest BCUT2D eigenvalue weighted by Crippen LogP contribution is -2.49.